The molecule has 1 heterocycles. The average molecular weight is 240 g/mol. The van der Waals surface area contributed by atoms with Crippen molar-refractivity contribution in [2.75, 3.05) is 0 Å². The largest absolute Gasteiger partial charge is 0.308 e. The first-order chi connectivity index (χ1) is 7.54. The molecule has 92 valence electrons. The Balaban J connectivity index is 2.42. The average Bonchev–Trinajstić information content (AvgIpc) is 2.73. The lowest BCUT2D eigenvalue weighted by molar-refractivity contribution is 0.388. The Morgan fingerprint density at radius 1 is 1.31 bits per heavy atom. The Kier molecular flexibility index (Phi) is 5.42. The van der Waals surface area contributed by atoms with E-state index in [-0.39, 0.29) is 0 Å². The minimum atomic E-state index is 0.547. The van der Waals surface area contributed by atoms with Crippen LogP contribution in [-0.4, -0.2) is 11.0 Å². The lowest BCUT2D eigenvalue weighted by Gasteiger charge is -2.19. The van der Waals surface area contributed by atoms with Crippen molar-refractivity contribution in [3.63, 3.8) is 0 Å². The summed E-state index contributed by atoms with van der Waals surface area (Å²) in [6.07, 6.45) is 1.22. The van der Waals surface area contributed by atoms with Crippen LogP contribution in [0.4, 0.5) is 0 Å². The highest BCUT2D eigenvalue weighted by molar-refractivity contribution is 7.09. The van der Waals surface area contributed by atoms with Crippen LogP contribution in [0.1, 0.15) is 57.7 Å². The van der Waals surface area contributed by atoms with Crippen LogP contribution < -0.4 is 5.32 Å². The summed E-state index contributed by atoms with van der Waals surface area (Å²) in [6.45, 7) is 12.1. The van der Waals surface area contributed by atoms with E-state index in [4.69, 9.17) is 0 Å². The molecule has 0 aliphatic rings. The SMILES string of the molecule is CCC(C)C(C)NCc1csc(C(C)C)n1. The summed E-state index contributed by atoms with van der Waals surface area (Å²) in [4.78, 5) is 4.62. The second-order valence-corrected chi connectivity index (χ2v) is 5.78. The molecule has 0 aliphatic carbocycles. The summed E-state index contributed by atoms with van der Waals surface area (Å²) in [5.41, 5.74) is 1.18. The van der Waals surface area contributed by atoms with E-state index >= 15 is 0 Å². The van der Waals surface area contributed by atoms with Gasteiger partial charge in [-0.3, -0.25) is 0 Å². The summed E-state index contributed by atoms with van der Waals surface area (Å²) in [5.74, 6) is 1.27. The van der Waals surface area contributed by atoms with Gasteiger partial charge in [0.2, 0.25) is 0 Å². The van der Waals surface area contributed by atoms with Gasteiger partial charge in [0.15, 0.2) is 0 Å². The minimum absolute atomic E-state index is 0.547. The Bertz CT molecular complexity index is 307. The van der Waals surface area contributed by atoms with E-state index in [1.54, 1.807) is 11.3 Å². The summed E-state index contributed by atoms with van der Waals surface area (Å²) in [6, 6.07) is 0.564. The van der Waals surface area contributed by atoms with E-state index in [2.05, 4.69) is 50.3 Å². The van der Waals surface area contributed by atoms with Crippen molar-refractivity contribution >= 4 is 11.3 Å². The maximum atomic E-state index is 4.62. The van der Waals surface area contributed by atoms with Gasteiger partial charge in [-0.1, -0.05) is 34.1 Å². The molecule has 0 saturated carbocycles. The predicted octanol–water partition coefficient (Wildman–Crippen LogP) is 3.79. The number of hydrogen-bond donors (Lipinski definition) is 1. The molecule has 0 amide bonds. The third-order valence-electron chi connectivity index (χ3n) is 3.17. The Morgan fingerprint density at radius 3 is 2.50 bits per heavy atom. The van der Waals surface area contributed by atoms with Crippen LogP contribution in [0.3, 0.4) is 0 Å². The van der Waals surface area contributed by atoms with E-state index in [0.717, 1.165) is 12.5 Å². The molecule has 0 radical (unpaired) electrons. The second kappa shape index (κ2) is 6.36. The van der Waals surface area contributed by atoms with Gasteiger partial charge in [-0.25, -0.2) is 4.98 Å². The third kappa shape index (κ3) is 3.87. The van der Waals surface area contributed by atoms with Gasteiger partial charge in [0.05, 0.1) is 10.7 Å². The lowest BCUT2D eigenvalue weighted by Crippen LogP contribution is -2.31. The molecule has 1 aromatic heterocycles. The predicted molar refractivity (Wildman–Crippen MR) is 72.0 cm³/mol. The summed E-state index contributed by atoms with van der Waals surface area (Å²) in [5, 5.41) is 6.96. The molecule has 0 bridgehead atoms. The van der Waals surface area contributed by atoms with Gasteiger partial charge in [0.25, 0.3) is 0 Å². The second-order valence-electron chi connectivity index (χ2n) is 4.89. The molecular formula is C13H24N2S. The van der Waals surface area contributed by atoms with Gasteiger partial charge in [-0.2, -0.15) is 0 Å². The maximum Gasteiger partial charge on any atom is 0.0954 e. The van der Waals surface area contributed by atoms with Crippen LogP contribution >= 0.6 is 11.3 Å². The van der Waals surface area contributed by atoms with E-state index < -0.39 is 0 Å². The molecule has 2 nitrogen and oxygen atoms in total. The molecule has 2 unspecified atom stereocenters. The zero-order valence-corrected chi connectivity index (χ0v) is 11.9. The molecule has 0 saturated heterocycles. The first-order valence-electron chi connectivity index (χ1n) is 6.22. The number of hydrogen-bond acceptors (Lipinski definition) is 3. The van der Waals surface area contributed by atoms with Gasteiger partial charge >= 0.3 is 0 Å². The van der Waals surface area contributed by atoms with Crippen LogP contribution in [0, 0.1) is 5.92 Å². The Hall–Kier alpha value is -0.410. The summed E-state index contributed by atoms with van der Waals surface area (Å²) in [7, 11) is 0. The van der Waals surface area contributed by atoms with Crippen molar-refractivity contribution in [1.29, 1.82) is 0 Å². The zero-order chi connectivity index (χ0) is 12.1. The highest BCUT2D eigenvalue weighted by atomic mass is 32.1. The molecule has 1 N–H and O–H groups in total. The molecule has 1 aromatic rings. The highest BCUT2D eigenvalue weighted by Gasteiger charge is 2.10. The van der Waals surface area contributed by atoms with Crippen molar-refractivity contribution in [2.24, 2.45) is 5.92 Å². The number of thiazole rings is 1. The van der Waals surface area contributed by atoms with Crippen molar-refractivity contribution in [1.82, 2.24) is 10.3 Å². The molecule has 16 heavy (non-hydrogen) atoms. The van der Waals surface area contributed by atoms with E-state index in [1.807, 2.05) is 0 Å². The van der Waals surface area contributed by atoms with Gasteiger partial charge in [-0.15, -0.1) is 11.3 Å². The van der Waals surface area contributed by atoms with Gasteiger partial charge < -0.3 is 5.32 Å². The Morgan fingerprint density at radius 2 is 2.00 bits per heavy atom. The van der Waals surface area contributed by atoms with Gasteiger partial charge in [0, 0.05) is 23.9 Å². The fraction of sp³-hybridized carbons (Fsp3) is 0.769. The van der Waals surface area contributed by atoms with Crippen molar-refractivity contribution < 1.29 is 0 Å². The van der Waals surface area contributed by atoms with Crippen LogP contribution in [0.5, 0.6) is 0 Å². The van der Waals surface area contributed by atoms with Crippen LogP contribution in [0.15, 0.2) is 5.38 Å². The van der Waals surface area contributed by atoms with E-state index in [9.17, 15) is 0 Å². The molecule has 0 aliphatic heterocycles. The summed E-state index contributed by atoms with van der Waals surface area (Å²) < 4.78 is 0. The molecule has 0 fully saturated rings. The van der Waals surface area contributed by atoms with Crippen molar-refractivity contribution in [3.8, 4) is 0 Å². The van der Waals surface area contributed by atoms with Gasteiger partial charge in [0.1, 0.15) is 0 Å². The van der Waals surface area contributed by atoms with Crippen molar-refractivity contribution in [2.45, 2.75) is 59.5 Å². The molecule has 0 spiro atoms. The summed E-state index contributed by atoms with van der Waals surface area (Å²) >= 11 is 1.77. The number of nitrogens with zero attached hydrogens (tertiary/aromatic N) is 1. The first kappa shape index (κ1) is 13.7. The lowest BCUT2D eigenvalue weighted by atomic mass is 10.0. The monoisotopic (exact) mass is 240 g/mol. The van der Waals surface area contributed by atoms with Gasteiger partial charge in [-0.05, 0) is 12.8 Å². The fourth-order valence-corrected chi connectivity index (χ4v) is 2.32. The smallest absolute Gasteiger partial charge is 0.0954 e. The number of rotatable bonds is 6. The standard InChI is InChI=1S/C13H24N2S/c1-6-10(4)11(5)14-7-12-8-16-13(15-12)9(2)3/h8-11,14H,6-7H2,1-5H3. The fourth-order valence-electron chi connectivity index (χ4n) is 1.49. The topological polar surface area (TPSA) is 24.9 Å². The highest BCUT2D eigenvalue weighted by Crippen LogP contribution is 2.19. The normalized spacial score (nSPS) is 15.4. The minimum Gasteiger partial charge on any atom is -0.308 e. The first-order valence-corrected chi connectivity index (χ1v) is 7.10. The van der Waals surface area contributed by atoms with E-state index in [0.29, 0.717) is 12.0 Å². The molecule has 0 aromatic carbocycles. The molecule has 1 rings (SSSR count). The third-order valence-corrected chi connectivity index (χ3v) is 4.36. The molecule has 2 atom stereocenters. The van der Waals surface area contributed by atoms with E-state index in [1.165, 1.54) is 17.1 Å². The van der Waals surface area contributed by atoms with Crippen LogP contribution in [-0.2, 0) is 6.54 Å². The maximum absolute atomic E-state index is 4.62. The van der Waals surface area contributed by atoms with Crippen LogP contribution in [0.25, 0.3) is 0 Å². The molecule has 3 heteroatoms. The number of nitrogens with one attached hydrogen (secondary N) is 1. The zero-order valence-electron chi connectivity index (χ0n) is 11.1. The van der Waals surface area contributed by atoms with Crippen LogP contribution in [0.2, 0.25) is 0 Å². The van der Waals surface area contributed by atoms with Crippen molar-refractivity contribution in [3.05, 3.63) is 16.1 Å². The Labute approximate surface area is 103 Å². The quantitative estimate of drug-likeness (QED) is 0.818. The molecular weight excluding hydrogens is 216 g/mol. The number of aromatic nitrogens is 1.